The third-order valence-electron chi connectivity index (χ3n) is 2.36. The van der Waals surface area contributed by atoms with Crippen molar-refractivity contribution >= 4 is 11.6 Å². The average molecular weight is 215 g/mol. The predicted octanol–water partition coefficient (Wildman–Crippen LogP) is 4.73. The van der Waals surface area contributed by atoms with Gasteiger partial charge in [-0.15, -0.1) is 0 Å². The summed E-state index contributed by atoms with van der Waals surface area (Å²) in [6.45, 7) is 7.94. The maximum absolute atomic E-state index is 13.6. The first-order chi connectivity index (χ1) is 6.43. The molecular formula is C12H16ClF. The van der Waals surface area contributed by atoms with Crippen LogP contribution in [0.1, 0.15) is 50.7 Å². The van der Waals surface area contributed by atoms with Gasteiger partial charge in [0.2, 0.25) is 0 Å². The average Bonchev–Trinajstić information content (AvgIpc) is 2.07. The zero-order valence-electron chi connectivity index (χ0n) is 9.07. The largest absolute Gasteiger partial charge is 0.207 e. The van der Waals surface area contributed by atoms with Crippen molar-refractivity contribution in [3.63, 3.8) is 0 Å². The van der Waals surface area contributed by atoms with Crippen LogP contribution in [0.25, 0.3) is 0 Å². The van der Waals surface area contributed by atoms with E-state index in [0.717, 1.165) is 5.56 Å². The van der Waals surface area contributed by atoms with Gasteiger partial charge >= 0.3 is 0 Å². The third-order valence-corrected chi connectivity index (χ3v) is 2.69. The fourth-order valence-electron chi connectivity index (χ4n) is 1.46. The molecule has 0 aliphatic heterocycles. The van der Waals surface area contributed by atoms with Crippen molar-refractivity contribution in [2.75, 3.05) is 0 Å². The zero-order valence-corrected chi connectivity index (χ0v) is 9.82. The summed E-state index contributed by atoms with van der Waals surface area (Å²) in [5.41, 5.74) is 1.58. The molecule has 0 aromatic heterocycles. The van der Waals surface area contributed by atoms with E-state index in [2.05, 4.69) is 0 Å². The van der Waals surface area contributed by atoms with Crippen LogP contribution in [0.15, 0.2) is 12.1 Å². The SMILES string of the molecule is CC(C)c1cc(Cl)c(C(C)C)cc1F. The van der Waals surface area contributed by atoms with Crippen molar-refractivity contribution in [3.8, 4) is 0 Å². The van der Waals surface area contributed by atoms with Crippen molar-refractivity contribution in [1.82, 2.24) is 0 Å². The van der Waals surface area contributed by atoms with E-state index in [1.165, 1.54) is 0 Å². The molecule has 0 amide bonds. The molecule has 0 aliphatic rings. The molecule has 0 radical (unpaired) electrons. The normalized spacial score (nSPS) is 11.4. The number of hydrogen-bond donors (Lipinski definition) is 0. The lowest BCUT2D eigenvalue weighted by Crippen LogP contribution is -1.97. The molecule has 0 N–H and O–H groups in total. The van der Waals surface area contributed by atoms with Gasteiger partial charge in [0.1, 0.15) is 5.82 Å². The Morgan fingerprint density at radius 3 is 1.93 bits per heavy atom. The highest BCUT2D eigenvalue weighted by Gasteiger charge is 2.12. The van der Waals surface area contributed by atoms with E-state index in [4.69, 9.17) is 11.6 Å². The Bertz CT molecular complexity index is 296. The highest BCUT2D eigenvalue weighted by atomic mass is 35.5. The minimum atomic E-state index is -0.145. The summed E-state index contributed by atoms with van der Waals surface area (Å²) in [7, 11) is 0. The molecule has 0 unspecified atom stereocenters. The Morgan fingerprint density at radius 2 is 1.50 bits per heavy atom. The lowest BCUT2D eigenvalue weighted by Gasteiger charge is -2.13. The van der Waals surface area contributed by atoms with Crippen molar-refractivity contribution in [1.29, 1.82) is 0 Å². The summed E-state index contributed by atoms with van der Waals surface area (Å²) in [5.74, 6) is 0.292. The van der Waals surface area contributed by atoms with Crippen LogP contribution >= 0.6 is 11.6 Å². The first-order valence-electron chi connectivity index (χ1n) is 4.92. The lowest BCUT2D eigenvalue weighted by atomic mass is 9.96. The van der Waals surface area contributed by atoms with Crippen molar-refractivity contribution in [2.45, 2.75) is 39.5 Å². The molecule has 0 saturated heterocycles. The molecule has 2 heteroatoms. The van der Waals surface area contributed by atoms with Crippen LogP contribution in [-0.4, -0.2) is 0 Å². The van der Waals surface area contributed by atoms with Gasteiger partial charge in [-0.25, -0.2) is 4.39 Å². The quantitative estimate of drug-likeness (QED) is 0.668. The van der Waals surface area contributed by atoms with Gasteiger partial charge < -0.3 is 0 Å². The molecule has 14 heavy (non-hydrogen) atoms. The van der Waals surface area contributed by atoms with Crippen molar-refractivity contribution in [3.05, 3.63) is 34.1 Å². The summed E-state index contributed by atoms with van der Waals surface area (Å²) < 4.78 is 13.6. The second kappa shape index (κ2) is 4.31. The maximum atomic E-state index is 13.6. The smallest absolute Gasteiger partial charge is 0.127 e. The minimum Gasteiger partial charge on any atom is -0.207 e. The van der Waals surface area contributed by atoms with E-state index < -0.39 is 0 Å². The van der Waals surface area contributed by atoms with Crippen molar-refractivity contribution in [2.24, 2.45) is 0 Å². The van der Waals surface area contributed by atoms with Gasteiger partial charge in [0.15, 0.2) is 0 Å². The lowest BCUT2D eigenvalue weighted by molar-refractivity contribution is 0.594. The molecule has 78 valence electrons. The van der Waals surface area contributed by atoms with Crippen LogP contribution in [0.2, 0.25) is 5.02 Å². The summed E-state index contributed by atoms with van der Waals surface area (Å²) in [6.07, 6.45) is 0. The second-order valence-electron chi connectivity index (χ2n) is 4.20. The van der Waals surface area contributed by atoms with Crippen molar-refractivity contribution < 1.29 is 4.39 Å². The zero-order chi connectivity index (χ0) is 10.9. The molecule has 0 heterocycles. The Hall–Kier alpha value is -0.560. The monoisotopic (exact) mass is 214 g/mol. The fraction of sp³-hybridized carbons (Fsp3) is 0.500. The molecular weight excluding hydrogens is 199 g/mol. The molecule has 1 aromatic rings. The van der Waals surface area contributed by atoms with Crippen LogP contribution in [0.4, 0.5) is 4.39 Å². The van der Waals surface area contributed by atoms with Gasteiger partial charge in [0, 0.05) is 5.02 Å². The van der Waals surface area contributed by atoms with E-state index >= 15 is 0 Å². The van der Waals surface area contributed by atoms with E-state index in [1.807, 2.05) is 27.7 Å². The summed E-state index contributed by atoms with van der Waals surface area (Å²) in [4.78, 5) is 0. The maximum Gasteiger partial charge on any atom is 0.127 e. The standard InChI is InChI=1S/C12H16ClF/c1-7(2)9-6-12(14)10(8(3)4)5-11(9)13/h5-8H,1-4H3. The van der Waals surface area contributed by atoms with Gasteiger partial charge in [-0.05, 0) is 35.1 Å². The number of halogens is 2. The minimum absolute atomic E-state index is 0.145. The van der Waals surface area contributed by atoms with Crippen LogP contribution in [-0.2, 0) is 0 Å². The van der Waals surface area contributed by atoms with Gasteiger partial charge in [-0.3, -0.25) is 0 Å². The van der Waals surface area contributed by atoms with E-state index in [-0.39, 0.29) is 17.7 Å². The highest BCUT2D eigenvalue weighted by molar-refractivity contribution is 6.31. The van der Waals surface area contributed by atoms with Crippen LogP contribution in [0.3, 0.4) is 0 Å². The fourth-order valence-corrected chi connectivity index (χ4v) is 1.85. The topological polar surface area (TPSA) is 0 Å². The summed E-state index contributed by atoms with van der Waals surface area (Å²) in [6, 6.07) is 3.30. The molecule has 0 atom stereocenters. The Morgan fingerprint density at radius 1 is 1.00 bits per heavy atom. The van der Waals surface area contributed by atoms with Crippen LogP contribution in [0, 0.1) is 5.82 Å². The van der Waals surface area contributed by atoms with E-state index in [9.17, 15) is 4.39 Å². The number of rotatable bonds is 2. The number of hydrogen-bond acceptors (Lipinski definition) is 0. The summed E-state index contributed by atoms with van der Waals surface area (Å²) in [5, 5.41) is 0.671. The first-order valence-corrected chi connectivity index (χ1v) is 5.30. The van der Waals surface area contributed by atoms with Crippen LogP contribution < -0.4 is 0 Å². The molecule has 0 nitrogen and oxygen atoms in total. The van der Waals surface area contributed by atoms with Crippen LogP contribution in [0.5, 0.6) is 0 Å². The molecule has 1 rings (SSSR count). The molecule has 0 fully saturated rings. The second-order valence-corrected chi connectivity index (χ2v) is 4.61. The van der Waals surface area contributed by atoms with Gasteiger partial charge in [0.25, 0.3) is 0 Å². The summed E-state index contributed by atoms with van der Waals surface area (Å²) >= 11 is 6.07. The predicted molar refractivity (Wildman–Crippen MR) is 59.6 cm³/mol. The van der Waals surface area contributed by atoms with E-state index in [0.29, 0.717) is 10.6 Å². The third kappa shape index (κ3) is 2.27. The van der Waals surface area contributed by atoms with Gasteiger partial charge in [-0.2, -0.15) is 0 Å². The Labute approximate surface area is 90.1 Å². The molecule has 0 bridgehead atoms. The molecule has 0 spiro atoms. The van der Waals surface area contributed by atoms with E-state index in [1.54, 1.807) is 12.1 Å². The van der Waals surface area contributed by atoms with Gasteiger partial charge in [-0.1, -0.05) is 39.3 Å². The van der Waals surface area contributed by atoms with Gasteiger partial charge in [0.05, 0.1) is 0 Å². The molecule has 0 aliphatic carbocycles. The molecule has 0 saturated carbocycles. The first kappa shape index (κ1) is 11.5. The Kier molecular flexibility index (Phi) is 3.54. The highest BCUT2D eigenvalue weighted by Crippen LogP contribution is 2.30. The molecule has 1 aromatic carbocycles. The Balaban J connectivity index is 3.24. The number of benzene rings is 1.